The molecule has 162 valence electrons. The molecule has 6 heteroatoms. The number of rotatable bonds is 8. The van der Waals surface area contributed by atoms with Gasteiger partial charge in [-0.15, -0.1) is 0 Å². The molecule has 4 rings (SSSR count). The molecule has 0 aliphatic heterocycles. The number of nitrogens with zero attached hydrogens (tertiary/aromatic N) is 2. The number of benzene rings is 3. The van der Waals surface area contributed by atoms with E-state index in [-0.39, 0.29) is 12.5 Å². The lowest BCUT2D eigenvalue weighted by Crippen LogP contribution is -2.36. The van der Waals surface area contributed by atoms with Gasteiger partial charge in [-0.1, -0.05) is 82.7 Å². The average molecular weight is 554 g/mol. The molecule has 0 unspecified atom stereocenters. The number of pyridine rings is 1. The summed E-state index contributed by atoms with van der Waals surface area (Å²) >= 11 is 7.11. The van der Waals surface area contributed by atoms with Gasteiger partial charge in [-0.05, 0) is 45.6 Å². The Bertz CT molecular complexity index is 1200. The van der Waals surface area contributed by atoms with Gasteiger partial charge >= 0.3 is 0 Å². The topological polar surface area (TPSA) is 42.4 Å². The van der Waals surface area contributed by atoms with Crippen LogP contribution in [0.2, 0.25) is 0 Å². The average Bonchev–Trinajstić information content (AvgIpc) is 2.83. The van der Waals surface area contributed by atoms with Crippen molar-refractivity contribution in [1.29, 1.82) is 0 Å². The maximum atomic E-state index is 13.2. The molecule has 32 heavy (non-hydrogen) atoms. The van der Waals surface area contributed by atoms with E-state index >= 15 is 0 Å². The first kappa shape index (κ1) is 22.5. The predicted octanol–water partition coefficient (Wildman–Crippen LogP) is 6.41. The van der Waals surface area contributed by atoms with Gasteiger partial charge in [0.2, 0.25) is 0 Å². The lowest BCUT2D eigenvalue weighted by atomic mass is 10.1. The molecule has 3 aromatic carbocycles. The minimum absolute atomic E-state index is 0.0620. The Hall–Kier alpha value is -2.70. The van der Waals surface area contributed by atoms with Crippen LogP contribution < -0.4 is 4.74 Å². The Morgan fingerprint density at radius 1 is 0.875 bits per heavy atom. The zero-order valence-electron chi connectivity index (χ0n) is 17.4. The number of aromatic nitrogens is 1. The second-order valence-corrected chi connectivity index (χ2v) is 9.10. The molecule has 0 aliphatic carbocycles. The van der Waals surface area contributed by atoms with Crippen LogP contribution in [0.1, 0.15) is 11.1 Å². The summed E-state index contributed by atoms with van der Waals surface area (Å²) in [6, 6.07) is 26.0. The molecule has 4 aromatic rings. The molecule has 0 aliphatic rings. The molecular weight excluding hydrogens is 532 g/mol. The Labute approximate surface area is 204 Å². The van der Waals surface area contributed by atoms with Crippen LogP contribution in [0.4, 0.5) is 0 Å². The van der Waals surface area contributed by atoms with Gasteiger partial charge in [0.15, 0.2) is 12.4 Å². The Morgan fingerprint density at radius 3 is 2.28 bits per heavy atom. The van der Waals surface area contributed by atoms with Crippen LogP contribution in [-0.4, -0.2) is 28.9 Å². The van der Waals surface area contributed by atoms with Crippen LogP contribution in [0.3, 0.4) is 0 Å². The molecule has 1 amide bonds. The second kappa shape index (κ2) is 10.7. The van der Waals surface area contributed by atoms with E-state index in [1.54, 1.807) is 6.20 Å². The number of hydrogen-bond donors (Lipinski definition) is 0. The van der Waals surface area contributed by atoms with Crippen molar-refractivity contribution in [3.05, 3.63) is 105 Å². The number of amides is 1. The third kappa shape index (κ3) is 5.56. The van der Waals surface area contributed by atoms with Crippen molar-refractivity contribution in [3.8, 4) is 5.75 Å². The van der Waals surface area contributed by atoms with E-state index in [4.69, 9.17) is 4.74 Å². The fourth-order valence-corrected chi connectivity index (χ4v) is 4.90. The molecule has 0 saturated carbocycles. The van der Waals surface area contributed by atoms with Crippen molar-refractivity contribution in [1.82, 2.24) is 9.88 Å². The highest BCUT2D eigenvalue weighted by Gasteiger charge is 2.18. The van der Waals surface area contributed by atoms with Crippen LogP contribution in [0, 0.1) is 0 Å². The summed E-state index contributed by atoms with van der Waals surface area (Å²) in [5, 5.41) is 0.934. The summed E-state index contributed by atoms with van der Waals surface area (Å²) < 4.78 is 7.68. The van der Waals surface area contributed by atoms with Gasteiger partial charge in [-0.2, -0.15) is 0 Å². The molecule has 4 nitrogen and oxygen atoms in total. The van der Waals surface area contributed by atoms with Crippen molar-refractivity contribution >= 4 is 48.7 Å². The zero-order chi connectivity index (χ0) is 22.3. The van der Waals surface area contributed by atoms with E-state index in [1.165, 1.54) is 5.56 Å². The Kier molecular flexibility index (Phi) is 7.55. The van der Waals surface area contributed by atoms with Crippen LogP contribution in [0.5, 0.6) is 5.75 Å². The lowest BCUT2D eigenvalue weighted by Gasteiger charge is -2.23. The lowest BCUT2D eigenvalue weighted by molar-refractivity contribution is -0.134. The predicted molar refractivity (Wildman–Crippen MR) is 135 cm³/mol. The molecule has 0 N–H and O–H groups in total. The summed E-state index contributed by atoms with van der Waals surface area (Å²) in [5.74, 6) is 0.503. The van der Waals surface area contributed by atoms with Crippen LogP contribution in [0.15, 0.2) is 94.0 Å². The largest absolute Gasteiger partial charge is 0.480 e. The number of carbonyl (C=O) groups excluding carboxylic acids is 1. The fraction of sp³-hybridized carbons (Fsp3) is 0.154. The number of carbonyl (C=O) groups is 1. The van der Waals surface area contributed by atoms with E-state index in [1.807, 2.05) is 71.6 Å². The third-order valence-electron chi connectivity index (χ3n) is 5.17. The van der Waals surface area contributed by atoms with E-state index in [0.29, 0.717) is 24.4 Å². The van der Waals surface area contributed by atoms with Crippen molar-refractivity contribution in [2.45, 2.75) is 13.0 Å². The molecule has 0 bridgehead atoms. The van der Waals surface area contributed by atoms with Crippen molar-refractivity contribution in [3.63, 3.8) is 0 Å². The van der Waals surface area contributed by atoms with Crippen molar-refractivity contribution in [2.75, 3.05) is 13.2 Å². The quantitative estimate of drug-likeness (QED) is 0.253. The van der Waals surface area contributed by atoms with Gasteiger partial charge in [0, 0.05) is 29.1 Å². The summed E-state index contributed by atoms with van der Waals surface area (Å²) in [4.78, 5) is 19.5. The van der Waals surface area contributed by atoms with Crippen LogP contribution in [0.25, 0.3) is 10.9 Å². The number of ether oxygens (including phenoxy) is 1. The normalized spacial score (nSPS) is 10.8. The SMILES string of the molecule is O=C(COc1c(Br)cc(Br)c2cccnc12)N(CCc1ccccc1)Cc1ccccc1. The molecule has 1 heterocycles. The smallest absolute Gasteiger partial charge is 0.260 e. The molecule has 0 atom stereocenters. The zero-order valence-corrected chi connectivity index (χ0v) is 20.6. The van der Waals surface area contributed by atoms with Gasteiger partial charge in [0.05, 0.1) is 4.47 Å². The monoisotopic (exact) mass is 552 g/mol. The van der Waals surface area contributed by atoms with Gasteiger partial charge in [-0.3, -0.25) is 9.78 Å². The molecule has 0 spiro atoms. The standard InChI is InChI=1S/C26H22Br2N2O2/c27-22-16-23(28)26(25-21(22)12-7-14-29-25)32-18-24(31)30(17-20-10-5-2-6-11-20)15-13-19-8-3-1-4-9-19/h1-12,14,16H,13,15,17-18H2. The van der Waals surface area contributed by atoms with E-state index in [2.05, 4.69) is 49.0 Å². The van der Waals surface area contributed by atoms with Crippen molar-refractivity contribution in [2.24, 2.45) is 0 Å². The molecule has 0 fully saturated rings. The van der Waals surface area contributed by atoms with Crippen LogP contribution in [-0.2, 0) is 17.8 Å². The first-order chi connectivity index (χ1) is 15.6. The number of hydrogen-bond acceptors (Lipinski definition) is 3. The first-order valence-corrected chi connectivity index (χ1v) is 11.9. The van der Waals surface area contributed by atoms with E-state index in [0.717, 1.165) is 26.3 Å². The van der Waals surface area contributed by atoms with Crippen molar-refractivity contribution < 1.29 is 9.53 Å². The summed E-state index contributed by atoms with van der Waals surface area (Å²) in [7, 11) is 0. The maximum Gasteiger partial charge on any atom is 0.260 e. The van der Waals surface area contributed by atoms with Gasteiger partial charge in [0.25, 0.3) is 5.91 Å². The highest BCUT2D eigenvalue weighted by molar-refractivity contribution is 9.11. The highest BCUT2D eigenvalue weighted by Crippen LogP contribution is 2.37. The second-order valence-electron chi connectivity index (χ2n) is 7.39. The van der Waals surface area contributed by atoms with Gasteiger partial charge in [-0.25, -0.2) is 0 Å². The van der Waals surface area contributed by atoms with Crippen LogP contribution >= 0.6 is 31.9 Å². The third-order valence-corrected chi connectivity index (χ3v) is 6.42. The summed E-state index contributed by atoms with van der Waals surface area (Å²) in [6.07, 6.45) is 2.50. The molecule has 0 saturated heterocycles. The first-order valence-electron chi connectivity index (χ1n) is 10.3. The van der Waals surface area contributed by atoms with Gasteiger partial charge in [0.1, 0.15) is 5.52 Å². The maximum absolute atomic E-state index is 13.2. The highest BCUT2D eigenvalue weighted by atomic mass is 79.9. The number of fused-ring (bicyclic) bond motifs is 1. The minimum Gasteiger partial charge on any atom is -0.480 e. The minimum atomic E-state index is -0.0660. The Morgan fingerprint density at radius 2 is 1.56 bits per heavy atom. The summed E-state index contributed by atoms with van der Waals surface area (Å²) in [6.45, 7) is 1.09. The van der Waals surface area contributed by atoms with E-state index in [9.17, 15) is 4.79 Å². The molecule has 0 radical (unpaired) electrons. The van der Waals surface area contributed by atoms with Gasteiger partial charge < -0.3 is 9.64 Å². The molecular formula is C26H22Br2N2O2. The Balaban J connectivity index is 1.51. The summed E-state index contributed by atoms with van der Waals surface area (Å²) in [5.41, 5.74) is 3.00. The van der Waals surface area contributed by atoms with E-state index < -0.39 is 0 Å². The molecule has 1 aromatic heterocycles. The fourth-order valence-electron chi connectivity index (χ4n) is 3.51. The number of halogens is 2.